The highest BCUT2D eigenvalue weighted by Gasteiger charge is 2.09. The quantitative estimate of drug-likeness (QED) is 0.189. The SMILES string of the molecule is NCCCCC(N)C(=O)O.NCc1ccccc1O.O=Cc1cccc(Oc2ccc(Cl)c(Cl)c2)c1. The van der Waals surface area contributed by atoms with Gasteiger partial charge in [0.1, 0.15) is 29.6 Å². The number of ether oxygens (including phenoxy) is 1. The van der Waals surface area contributed by atoms with Crippen LogP contribution < -0.4 is 21.9 Å². The molecule has 0 amide bonds. The minimum Gasteiger partial charge on any atom is -0.508 e. The Kier molecular flexibility index (Phi) is 14.9. The molecule has 0 radical (unpaired) electrons. The van der Waals surface area contributed by atoms with Crippen molar-refractivity contribution in [3.05, 3.63) is 87.9 Å². The van der Waals surface area contributed by atoms with Crippen molar-refractivity contribution in [1.82, 2.24) is 0 Å². The van der Waals surface area contributed by atoms with E-state index >= 15 is 0 Å². The molecule has 0 aliphatic heterocycles. The molecule has 0 fully saturated rings. The number of hydrogen-bond acceptors (Lipinski definition) is 7. The molecule has 0 bridgehead atoms. The maximum Gasteiger partial charge on any atom is 0.320 e. The van der Waals surface area contributed by atoms with Crippen LogP contribution in [0, 0.1) is 0 Å². The van der Waals surface area contributed by atoms with E-state index in [1.807, 2.05) is 6.07 Å². The molecule has 3 aromatic carbocycles. The number of hydrogen-bond donors (Lipinski definition) is 5. The Morgan fingerprint density at radius 2 is 1.64 bits per heavy atom. The number of para-hydroxylation sites is 1. The second-order valence-electron chi connectivity index (χ2n) is 7.43. The van der Waals surface area contributed by atoms with E-state index in [2.05, 4.69) is 0 Å². The number of aromatic hydroxyl groups is 1. The van der Waals surface area contributed by atoms with Gasteiger partial charge in [-0.3, -0.25) is 9.59 Å². The van der Waals surface area contributed by atoms with Crippen LogP contribution in [0.3, 0.4) is 0 Å². The van der Waals surface area contributed by atoms with Crippen LogP contribution in [0.2, 0.25) is 10.0 Å². The Bertz CT molecular complexity index is 1100. The van der Waals surface area contributed by atoms with E-state index in [4.69, 9.17) is 55.4 Å². The molecular weight excluding hydrogens is 505 g/mol. The number of carbonyl (C=O) groups is 2. The number of rotatable bonds is 9. The van der Waals surface area contributed by atoms with E-state index in [1.54, 1.807) is 60.7 Å². The van der Waals surface area contributed by atoms with E-state index in [9.17, 15) is 9.59 Å². The van der Waals surface area contributed by atoms with Crippen LogP contribution in [0.4, 0.5) is 0 Å². The van der Waals surface area contributed by atoms with Crippen molar-refractivity contribution >= 4 is 35.5 Å². The van der Waals surface area contributed by atoms with Crippen LogP contribution in [0.25, 0.3) is 0 Å². The van der Waals surface area contributed by atoms with Crippen LogP contribution in [-0.2, 0) is 11.3 Å². The first kappa shape index (κ1) is 30.9. The lowest BCUT2D eigenvalue weighted by atomic mass is 10.1. The Labute approximate surface area is 220 Å². The third-order valence-electron chi connectivity index (χ3n) is 4.62. The third kappa shape index (κ3) is 12.0. The standard InChI is InChI=1S/C13H8Cl2O2.C7H9NO.C6H14N2O2/c14-12-5-4-11(7-13(12)15)17-10-3-1-2-9(6-10)8-16;8-5-6-3-1-2-4-7(6)9;7-4-2-1-3-5(8)6(9)10/h1-8H;1-4,9H,5,8H2;5H,1-4,7-8H2,(H,9,10). The molecule has 3 rings (SSSR count). The van der Waals surface area contributed by atoms with Gasteiger partial charge in [-0.15, -0.1) is 0 Å². The van der Waals surface area contributed by atoms with Crippen LogP contribution in [0.15, 0.2) is 66.7 Å². The first-order valence-electron chi connectivity index (χ1n) is 11.0. The molecule has 1 atom stereocenters. The molecule has 0 spiro atoms. The molecule has 0 aliphatic carbocycles. The Morgan fingerprint density at radius 3 is 2.19 bits per heavy atom. The van der Waals surface area contributed by atoms with Crippen LogP contribution in [0.1, 0.15) is 35.2 Å². The zero-order valence-corrected chi connectivity index (χ0v) is 21.2. The number of aliphatic carboxylic acids is 1. The van der Waals surface area contributed by atoms with Gasteiger partial charge < -0.3 is 32.2 Å². The molecule has 0 saturated heterocycles. The van der Waals surface area contributed by atoms with Crippen molar-refractivity contribution in [2.75, 3.05) is 6.54 Å². The maximum atomic E-state index is 10.6. The summed E-state index contributed by atoms with van der Waals surface area (Å²) in [6.45, 7) is 0.999. The van der Waals surface area contributed by atoms with E-state index in [0.717, 1.165) is 24.7 Å². The molecule has 36 heavy (non-hydrogen) atoms. The van der Waals surface area contributed by atoms with Gasteiger partial charge in [-0.2, -0.15) is 0 Å². The molecular formula is C26H31Cl2N3O5. The van der Waals surface area contributed by atoms with Crippen LogP contribution >= 0.6 is 23.2 Å². The highest BCUT2D eigenvalue weighted by molar-refractivity contribution is 6.42. The second kappa shape index (κ2) is 17.3. The summed E-state index contributed by atoms with van der Waals surface area (Å²) in [6, 6.07) is 18.2. The number of unbranched alkanes of at least 4 members (excludes halogenated alkanes) is 1. The number of benzene rings is 3. The molecule has 0 aliphatic rings. The maximum absolute atomic E-state index is 10.6. The molecule has 10 heteroatoms. The van der Waals surface area contributed by atoms with Crippen molar-refractivity contribution in [2.45, 2.75) is 31.8 Å². The van der Waals surface area contributed by atoms with Gasteiger partial charge in [0.25, 0.3) is 0 Å². The van der Waals surface area contributed by atoms with E-state index < -0.39 is 12.0 Å². The fraction of sp³-hybridized carbons (Fsp3) is 0.231. The summed E-state index contributed by atoms with van der Waals surface area (Å²) >= 11 is 11.7. The largest absolute Gasteiger partial charge is 0.508 e. The minimum absolute atomic E-state index is 0.278. The van der Waals surface area contributed by atoms with Crippen LogP contribution in [0.5, 0.6) is 17.2 Å². The monoisotopic (exact) mass is 535 g/mol. The zero-order chi connectivity index (χ0) is 26.9. The summed E-state index contributed by atoms with van der Waals surface area (Å²) in [5.41, 5.74) is 17.1. The smallest absolute Gasteiger partial charge is 0.320 e. The summed E-state index contributed by atoms with van der Waals surface area (Å²) in [6.07, 6.45) is 2.93. The van der Waals surface area contributed by atoms with Crippen molar-refractivity contribution in [3.8, 4) is 17.2 Å². The summed E-state index contributed by atoms with van der Waals surface area (Å²) < 4.78 is 5.55. The summed E-state index contributed by atoms with van der Waals surface area (Å²) in [4.78, 5) is 20.8. The number of aldehydes is 1. The van der Waals surface area contributed by atoms with Gasteiger partial charge in [0.05, 0.1) is 10.0 Å². The summed E-state index contributed by atoms with van der Waals surface area (Å²) in [7, 11) is 0. The first-order chi connectivity index (χ1) is 17.2. The van der Waals surface area contributed by atoms with E-state index in [-0.39, 0.29) is 5.75 Å². The lowest BCUT2D eigenvalue weighted by molar-refractivity contribution is -0.138. The van der Waals surface area contributed by atoms with Crippen molar-refractivity contribution in [2.24, 2.45) is 17.2 Å². The van der Waals surface area contributed by atoms with Gasteiger partial charge in [0.15, 0.2) is 0 Å². The van der Waals surface area contributed by atoms with Gasteiger partial charge in [-0.05, 0) is 49.7 Å². The van der Waals surface area contributed by atoms with Crippen molar-refractivity contribution in [3.63, 3.8) is 0 Å². The number of carboxylic acid groups (broad SMARTS) is 1. The van der Waals surface area contributed by atoms with Crippen molar-refractivity contribution < 1.29 is 24.5 Å². The van der Waals surface area contributed by atoms with Crippen LogP contribution in [-0.4, -0.2) is 35.1 Å². The Morgan fingerprint density at radius 1 is 0.944 bits per heavy atom. The Balaban J connectivity index is 0.000000293. The van der Waals surface area contributed by atoms with Gasteiger partial charge in [-0.1, -0.05) is 60.0 Å². The molecule has 0 aromatic heterocycles. The minimum atomic E-state index is -0.933. The molecule has 0 saturated carbocycles. The number of phenols is 1. The highest BCUT2D eigenvalue weighted by atomic mass is 35.5. The molecule has 3 aromatic rings. The van der Waals surface area contributed by atoms with Crippen molar-refractivity contribution in [1.29, 1.82) is 0 Å². The Hall–Kier alpha value is -3.14. The predicted octanol–water partition coefficient (Wildman–Crippen LogP) is 4.98. The lowest BCUT2D eigenvalue weighted by Crippen LogP contribution is -2.29. The van der Waals surface area contributed by atoms with Gasteiger partial charge in [0.2, 0.25) is 0 Å². The number of carbonyl (C=O) groups excluding carboxylic acids is 1. The molecule has 8 nitrogen and oxygen atoms in total. The van der Waals surface area contributed by atoms with Gasteiger partial charge in [-0.25, -0.2) is 0 Å². The second-order valence-corrected chi connectivity index (χ2v) is 8.24. The average Bonchev–Trinajstić information content (AvgIpc) is 2.87. The van der Waals surface area contributed by atoms with E-state index in [0.29, 0.717) is 46.6 Å². The van der Waals surface area contributed by atoms with Gasteiger partial charge in [0, 0.05) is 23.7 Å². The molecule has 8 N–H and O–H groups in total. The fourth-order valence-corrected chi connectivity index (χ4v) is 2.93. The number of nitrogens with two attached hydrogens (primary N) is 3. The molecule has 0 heterocycles. The fourth-order valence-electron chi connectivity index (χ4n) is 2.64. The summed E-state index contributed by atoms with van der Waals surface area (Å²) in [5, 5.41) is 18.3. The zero-order valence-electron chi connectivity index (χ0n) is 19.6. The third-order valence-corrected chi connectivity index (χ3v) is 5.36. The average molecular weight is 536 g/mol. The first-order valence-corrected chi connectivity index (χ1v) is 11.8. The predicted molar refractivity (Wildman–Crippen MR) is 143 cm³/mol. The van der Waals surface area contributed by atoms with Gasteiger partial charge >= 0.3 is 5.97 Å². The summed E-state index contributed by atoms with van der Waals surface area (Å²) in [5.74, 6) is 0.493. The molecule has 1 unspecified atom stereocenters. The number of phenolic OH excluding ortho intramolecular Hbond substituents is 1. The number of halogens is 2. The molecule has 194 valence electrons. The lowest BCUT2D eigenvalue weighted by Gasteiger charge is -2.06. The topological polar surface area (TPSA) is 162 Å². The number of carboxylic acids is 1. The highest BCUT2D eigenvalue weighted by Crippen LogP contribution is 2.29. The van der Waals surface area contributed by atoms with E-state index in [1.165, 1.54) is 0 Å². The normalized spacial score (nSPS) is 10.7.